The van der Waals surface area contributed by atoms with Crippen molar-refractivity contribution in [1.82, 2.24) is 25.5 Å². The SMILES string of the molecule is NC(=O)c1cccc2c(-c3nc4c(c(NCc5ccccc5)n3)CCNC4)[nH]nc12. The molecule has 8 heteroatoms. The van der Waals surface area contributed by atoms with Crippen LogP contribution in [0.4, 0.5) is 5.82 Å². The minimum Gasteiger partial charge on any atom is -0.366 e. The van der Waals surface area contributed by atoms with Gasteiger partial charge in [0.15, 0.2) is 5.82 Å². The summed E-state index contributed by atoms with van der Waals surface area (Å²) in [5.74, 6) is 0.853. The lowest BCUT2D eigenvalue weighted by atomic mass is 10.1. The standard InChI is InChI=1S/C22H21N7O/c23-20(30)16-8-4-7-15-18(16)28-29-19(15)22-26-17-12-24-10-9-14(17)21(27-22)25-11-13-5-2-1-3-6-13/h1-8,24H,9-12H2,(H2,23,30)(H,28,29)(H,25,26,27). The molecule has 30 heavy (non-hydrogen) atoms. The number of hydrogen-bond acceptors (Lipinski definition) is 6. The summed E-state index contributed by atoms with van der Waals surface area (Å²) in [5, 5.41) is 14.9. The van der Waals surface area contributed by atoms with Crippen LogP contribution in [-0.2, 0) is 19.5 Å². The summed E-state index contributed by atoms with van der Waals surface area (Å²) in [6.45, 7) is 2.25. The summed E-state index contributed by atoms with van der Waals surface area (Å²) in [7, 11) is 0. The lowest BCUT2D eigenvalue weighted by Crippen LogP contribution is -2.26. The lowest BCUT2D eigenvalue weighted by Gasteiger charge is -2.20. The van der Waals surface area contributed by atoms with Gasteiger partial charge in [-0.1, -0.05) is 42.5 Å². The van der Waals surface area contributed by atoms with Gasteiger partial charge in [-0.2, -0.15) is 5.10 Å². The van der Waals surface area contributed by atoms with E-state index in [2.05, 4.69) is 33.0 Å². The number of carbonyl (C=O) groups is 1. The third kappa shape index (κ3) is 3.27. The molecule has 1 amide bonds. The van der Waals surface area contributed by atoms with Gasteiger partial charge in [-0.25, -0.2) is 9.97 Å². The number of nitrogens with two attached hydrogens (primary N) is 1. The number of H-pyrrole nitrogens is 1. The largest absolute Gasteiger partial charge is 0.366 e. The Morgan fingerprint density at radius 2 is 1.97 bits per heavy atom. The highest BCUT2D eigenvalue weighted by molar-refractivity contribution is 6.07. The van der Waals surface area contributed by atoms with Gasteiger partial charge in [0.25, 0.3) is 5.91 Å². The third-order valence-corrected chi connectivity index (χ3v) is 5.31. The lowest BCUT2D eigenvalue weighted by molar-refractivity contribution is 0.100. The first-order valence-electron chi connectivity index (χ1n) is 9.86. The zero-order valence-electron chi connectivity index (χ0n) is 16.3. The topological polar surface area (TPSA) is 122 Å². The highest BCUT2D eigenvalue weighted by atomic mass is 16.1. The van der Waals surface area contributed by atoms with Crippen LogP contribution >= 0.6 is 0 Å². The highest BCUT2D eigenvalue weighted by Crippen LogP contribution is 2.29. The Kier molecular flexibility index (Phi) is 4.61. The maximum absolute atomic E-state index is 11.7. The molecule has 5 N–H and O–H groups in total. The molecule has 0 atom stereocenters. The van der Waals surface area contributed by atoms with Gasteiger partial charge < -0.3 is 16.4 Å². The second kappa shape index (κ2) is 7.57. The Balaban J connectivity index is 1.58. The van der Waals surface area contributed by atoms with E-state index in [9.17, 15) is 4.79 Å². The van der Waals surface area contributed by atoms with Crippen molar-refractivity contribution in [2.45, 2.75) is 19.5 Å². The molecule has 2 aromatic carbocycles. The van der Waals surface area contributed by atoms with E-state index >= 15 is 0 Å². The van der Waals surface area contributed by atoms with Crippen molar-refractivity contribution in [1.29, 1.82) is 0 Å². The molecule has 0 spiro atoms. The number of hydrogen-bond donors (Lipinski definition) is 4. The summed E-state index contributed by atoms with van der Waals surface area (Å²) in [4.78, 5) is 21.4. The van der Waals surface area contributed by atoms with Crippen LogP contribution in [0, 0.1) is 0 Å². The molecule has 150 valence electrons. The number of aromatic nitrogens is 4. The van der Waals surface area contributed by atoms with Gasteiger partial charge in [0.2, 0.25) is 0 Å². The molecule has 0 aliphatic carbocycles. The average Bonchev–Trinajstić information content (AvgIpc) is 3.22. The van der Waals surface area contributed by atoms with Crippen molar-refractivity contribution in [3.8, 4) is 11.5 Å². The number of amides is 1. The number of aromatic amines is 1. The number of nitrogens with one attached hydrogen (secondary N) is 3. The summed E-state index contributed by atoms with van der Waals surface area (Å²) >= 11 is 0. The molecule has 0 saturated heterocycles. The molecule has 4 aromatic rings. The molecule has 8 nitrogen and oxygen atoms in total. The Labute approximate surface area is 172 Å². The maximum Gasteiger partial charge on any atom is 0.250 e. The monoisotopic (exact) mass is 399 g/mol. The van der Waals surface area contributed by atoms with Crippen LogP contribution < -0.4 is 16.4 Å². The van der Waals surface area contributed by atoms with Crippen molar-refractivity contribution in [2.75, 3.05) is 11.9 Å². The molecule has 2 aromatic heterocycles. The van der Waals surface area contributed by atoms with Crippen LogP contribution in [0.1, 0.15) is 27.2 Å². The zero-order chi connectivity index (χ0) is 20.5. The predicted molar refractivity (Wildman–Crippen MR) is 115 cm³/mol. The van der Waals surface area contributed by atoms with E-state index in [1.54, 1.807) is 12.1 Å². The van der Waals surface area contributed by atoms with Crippen LogP contribution in [0.2, 0.25) is 0 Å². The van der Waals surface area contributed by atoms with E-state index in [0.29, 0.717) is 35.7 Å². The van der Waals surface area contributed by atoms with Crippen LogP contribution in [-0.4, -0.2) is 32.6 Å². The molecule has 0 fully saturated rings. The van der Waals surface area contributed by atoms with E-state index < -0.39 is 5.91 Å². The van der Waals surface area contributed by atoms with E-state index in [1.807, 2.05) is 24.3 Å². The minimum absolute atomic E-state index is 0.372. The summed E-state index contributed by atoms with van der Waals surface area (Å²) in [5.41, 5.74) is 10.3. The van der Waals surface area contributed by atoms with Crippen LogP contribution in [0.15, 0.2) is 48.5 Å². The molecular formula is C22H21N7O. The molecule has 3 heterocycles. The van der Waals surface area contributed by atoms with Gasteiger partial charge in [-0.15, -0.1) is 0 Å². The Morgan fingerprint density at radius 3 is 2.80 bits per heavy atom. The molecule has 0 bridgehead atoms. The fraction of sp³-hybridized carbons (Fsp3) is 0.182. The van der Waals surface area contributed by atoms with E-state index in [4.69, 9.17) is 15.7 Å². The minimum atomic E-state index is -0.514. The number of benzene rings is 2. The maximum atomic E-state index is 11.7. The van der Waals surface area contributed by atoms with Crippen LogP contribution in [0.5, 0.6) is 0 Å². The first kappa shape index (κ1) is 18.3. The molecule has 0 radical (unpaired) electrons. The van der Waals surface area contributed by atoms with Crippen molar-refractivity contribution in [3.63, 3.8) is 0 Å². The fourth-order valence-electron chi connectivity index (χ4n) is 3.81. The normalized spacial score (nSPS) is 13.2. The first-order chi connectivity index (χ1) is 14.7. The number of para-hydroxylation sites is 1. The Bertz CT molecular complexity index is 1230. The average molecular weight is 399 g/mol. The van der Waals surface area contributed by atoms with Gasteiger partial charge in [0, 0.05) is 24.0 Å². The molecule has 5 rings (SSSR count). The number of anilines is 1. The molecule has 0 saturated carbocycles. The van der Waals surface area contributed by atoms with Gasteiger partial charge in [-0.3, -0.25) is 9.89 Å². The van der Waals surface area contributed by atoms with Gasteiger partial charge in [0.05, 0.1) is 11.3 Å². The summed E-state index contributed by atoms with van der Waals surface area (Å²) in [6, 6.07) is 15.6. The number of nitrogens with zero attached hydrogens (tertiary/aromatic N) is 3. The van der Waals surface area contributed by atoms with Crippen LogP contribution in [0.3, 0.4) is 0 Å². The van der Waals surface area contributed by atoms with E-state index in [-0.39, 0.29) is 0 Å². The number of rotatable bonds is 5. The van der Waals surface area contributed by atoms with Crippen molar-refractivity contribution >= 4 is 22.6 Å². The van der Waals surface area contributed by atoms with Gasteiger partial charge in [0.1, 0.15) is 17.0 Å². The zero-order valence-corrected chi connectivity index (χ0v) is 16.3. The second-order valence-corrected chi connectivity index (χ2v) is 7.25. The molecule has 1 aliphatic heterocycles. The predicted octanol–water partition coefficient (Wildman–Crippen LogP) is 2.38. The Hall–Kier alpha value is -3.78. The van der Waals surface area contributed by atoms with Crippen LogP contribution in [0.25, 0.3) is 22.4 Å². The smallest absolute Gasteiger partial charge is 0.250 e. The summed E-state index contributed by atoms with van der Waals surface area (Å²) < 4.78 is 0. The quantitative estimate of drug-likeness (QED) is 0.409. The highest BCUT2D eigenvalue weighted by Gasteiger charge is 2.21. The Morgan fingerprint density at radius 1 is 1.10 bits per heavy atom. The molecule has 1 aliphatic rings. The van der Waals surface area contributed by atoms with E-state index in [0.717, 1.165) is 35.4 Å². The van der Waals surface area contributed by atoms with Crippen molar-refractivity contribution < 1.29 is 4.79 Å². The molecular weight excluding hydrogens is 378 g/mol. The first-order valence-corrected chi connectivity index (χ1v) is 9.86. The van der Waals surface area contributed by atoms with Crippen molar-refractivity contribution in [2.24, 2.45) is 5.73 Å². The second-order valence-electron chi connectivity index (χ2n) is 7.25. The van der Waals surface area contributed by atoms with E-state index in [1.165, 1.54) is 5.56 Å². The van der Waals surface area contributed by atoms with Gasteiger partial charge in [-0.05, 0) is 24.6 Å². The number of primary amides is 1. The fourth-order valence-corrected chi connectivity index (χ4v) is 3.81. The van der Waals surface area contributed by atoms with Crippen molar-refractivity contribution in [3.05, 3.63) is 70.9 Å². The third-order valence-electron chi connectivity index (χ3n) is 5.31. The number of carbonyl (C=O) groups excluding carboxylic acids is 1. The molecule has 0 unspecified atom stereocenters. The number of fused-ring (bicyclic) bond motifs is 2. The van der Waals surface area contributed by atoms with Gasteiger partial charge >= 0.3 is 0 Å². The summed E-state index contributed by atoms with van der Waals surface area (Å²) in [6.07, 6.45) is 0.863.